The molecule has 28 heavy (non-hydrogen) atoms. The van der Waals surface area contributed by atoms with Gasteiger partial charge in [-0.25, -0.2) is 8.42 Å². The molecule has 0 heterocycles. The molecule has 150 valence electrons. The van der Waals surface area contributed by atoms with Crippen molar-refractivity contribution in [3.63, 3.8) is 0 Å². The van der Waals surface area contributed by atoms with Gasteiger partial charge in [0.25, 0.3) is 0 Å². The molecule has 2 aromatic rings. The molecular weight excluding hydrogens is 372 g/mol. The van der Waals surface area contributed by atoms with Crippen molar-refractivity contribution >= 4 is 15.8 Å². The summed E-state index contributed by atoms with van der Waals surface area (Å²) < 4.78 is 31.9. The topological polar surface area (TPSA) is 60.4 Å². The van der Waals surface area contributed by atoms with Gasteiger partial charge in [-0.15, -0.1) is 0 Å². The molecule has 0 saturated heterocycles. The van der Waals surface area contributed by atoms with Crippen LogP contribution < -0.4 is 0 Å². The van der Waals surface area contributed by atoms with Crippen LogP contribution in [0.25, 0.3) is 0 Å². The number of hydrogen-bond donors (Lipinski definition) is 0. The van der Waals surface area contributed by atoms with Gasteiger partial charge in [0.15, 0.2) is 9.84 Å². The summed E-state index contributed by atoms with van der Waals surface area (Å²) in [4.78, 5) is 12.8. The van der Waals surface area contributed by atoms with E-state index < -0.39 is 21.1 Å². The Morgan fingerprint density at radius 2 is 1.54 bits per heavy atom. The highest BCUT2D eigenvalue weighted by atomic mass is 32.2. The van der Waals surface area contributed by atoms with Crippen molar-refractivity contribution in [1.29, 1.82) is 0 Å². The molecule has 1 saturated carbocycles. The lowest BCUT2D eigenvalue weighted by Gasteiger charge is -2.23. The molecule has 0 radical (unpaired) electrons. The molecule has 0 aliphatic heterocycles. The average molecular weight is 401 g/mol. The van der Waals surface area contributed by atoms with Crippen molar-refractivity contribution in [1.82, 2.24) is 0 Å². The first-order valence-electron chi connectivity index (χ1n) is 10.1. The fraction of sp³-hybridized carbons (Fsp3) is 0.435. The predicted octanol–water partition coefficient (Wildman–Crippen LogP) is 4.73. The van der Waals surface area contributed by atoms with E-state index in [-0.39, 0.29) is 17.4 Å². The van der Waals surface area contributed by atoms with Gasteiger partial charge in [0.1, 0.15) is 6.10 Å². The highest BCUT2D eigenvalue weighted by molar-refractivity contribution is 7.92. The number of ether oxygens (including phenoxy) is 1. The minimum Gasteiger partial charge on any atom is -0.462 e. The van der Waals surface area contributed by atoms with Crippen LogP contribution in [0.4, 0.5) is 0 Å². The van der Waals surface area contributed by atoms with Crippen LogP contribution in [0, 0.1) is 0 Å². The first-order valence-corrected chi connectivity index (χ1v) is 11.6. The van der Waals surface area contributed by atoms with Gasteiger partial charge in [-0.1, -0.05) is 55.0 Å². The molecule has 1 aliphatic carbocycles. The summed E-state index contributed by atoms with van der Waals surface area (Å²) in [7, 11) is -3.61. The van der Waals surface area contributed by atoms with E-state index in [1.165, 1.54) is 6.42 Å². The highest BCUT2D eigenvalue weighted by Gasteiger charge is 2.31. The minimum absolute atomic E-state index is 0.0598. The SMILES string of the molecule is O=C(CC(CCc1ccccc1)S(=O)(=O)c1ccccc1)OC1CCCCC1. The Morgan fingerprint density at radius 3 is 2.18 bits per heavy atom. The molecule has 4 nitrogen and oxygen atoms in total. The first-order chi connectivity index (χ1) is 13.6. The average Bonchev–Trinajstić information content (AvgIpc) is 2.73. The second kappa shape index (κ2) is 9.87. The predicted molar refractivity (Wildman–Crippen MR) is 110 cm³/mol. The van der Waals surface area contributed by atoms with Crippen molar-refractivity contribution < 1.29 is 17.9 Å². The van der Waals surface area contributed by atoms with E-state index in [2.05, 4.69) is 0 Å². The van der Waals surface area contributed by atoms with E-state index in [9.17, 15) is 13.2 Å². The number of carbonyl (C=O) groups is 1. The monoisotopic (exact) mass is 400 g/mol. The van der Waals surface area contributed by atoms with E-state index >= 15 is 0 Å². The number of sulfone groups is 1. The molecule has 1 unspecified atom stereocenters. The number of rotatable bonds is 8. The molecule has 1 aliphatic rings. The number of aryl methyl sites for hydroxylation is 1. The van der Waals surface area contributed by atoms with Crippen molar-refractivity contribution in [2.75, 3.05) is 0 Å². The molecule has 3 rings (SSSR count). The Morgan fingerprint density at radius 1 is 0.929 bits per heavy atom. The summed E-state index contributed by atoms with van der Waals surface area (Å²) in [5.74, 6) is -0.399. The summed E-state index contributed by atoms with van der Waals surface area (Å²) in [6.45, 7) is 0. The smallest absolute Gasteiger partial charge is 0.307 e. The van der Waals surface area contributed by atoms with Crippen LogP contribution in [0.5, 0.6) is 0 Å². The summed E-state index contributed by atoms with van der Waals surface area (Å²) in [6, 6.07) is 18.2. The molecule has 1 atom stereocenters. The van der Waals surface area contributed by atoms with Gasteiger partial charge >= 0.3 is 5.97 Å². The van der Waals surface area contributed by atoms with Crippen molar-refractivity contribution in [2.24, 2.45) is 0 Å². The van der Waals surface area contributed by atoms with E-state index in [0.29, 0.717) is 12.8 Å². The van der Waals surface area contributed by atoms with Crippen molar-refractivity contribution in [3.05, 3.63) is 66.2 Å². The Labute approximate surface area is 167 Å². The maximum absolute atomic E-state index is 13.2. The lowest BCUT2D eigenvalue weighted by Crippen LogP contribution is -2.29. The summed E-state index contributed by atoms with van der Waals surface area (Å²) in [6.07, 6.45) is 5.91. The van der Waals surface area contributed by atoms with Crippen LogP contribution in [0.15, 0.2) is 65.6 Å². The normalized spacial score (nSPS) is 16.4. The molecule has 0 aromatic heterocycles. The number of esters is 1. The minimum atomic E-state index is -3.61. The summed E-state index contributed by atoms with van der Waals surface area (Å²) in [5, 5.41) is -0.786. The number of benzene rings is 2. The van der Waals surface area contributed by atoms with Gasteiger partial charge in [-0.2, -0.15) is 0 Å². The number of carbonyl (C=O) groups excluding carboxylic acids is 1. The third kappa shape index (κ3) is 5.68. The van der Waals surface area contributed by atoms with Crippen LogP contribution in [0.2, 0.25) is 0 Å². The Hall–Kier alpha value is -2.14. The summed E-state index contributed by atoms with van der Waals surface area (Å²) >= 11 is 0. The first kappa shape index (κ1) is 20.6. The van der Waals surface area contributed by atoms with Crippen LogP contribution in [0.1, 0.15) is 50.5 Å². The third-order valence-corrected chi connectivity index (χ3v) is 7.56. The second-order valence-electron chi connectivity index (χ2n) is 7.46. The molecule has 0 bridgehead atoms. The van der Waals surface area contributed by atoms with E-state index in [1.54, 1.807) is 30.3 Å². The standard InChI is InChI=1S/C23H28O4S/c24-23(27-20-12-6-2-7-13-20)18-22(17-16-19-10-4-1-5-11-19)28(25,26)21-14-8-3-9-15-21/h1,3-5,8-11,14-15,20,22H,2,6-7,12-13,16-18H2. The van der Waals surface area contributed by atoms with Gasteiger partial charge in [0.2, 0.25) is 0 Å². The largest absolute Gasteiger partial charge is 0.462 e. The molecular formula is C23H28O4S. The van der Waals surface area contributed by atoms with Gasteiger partial charge < -0.3 is 4.74 Å². The van der Waals surface area contributed by atoms with E-state index in [0.717, 1.165) is 31.2 Å². The Balaban J connectivity index is 1.72. The van der Waals surface area contributed by atoms with Crippen LogP contribution in [-0.4, -0.2) is 25.7 Å². The number of hydrogen-bond acceptors (Lipinski definition) is 4. The van der Waals surface area contributed by atoms with Gasteiger partial charge in [-0.05, 0) is 56.2 Å². The maximum atomic E-state index is 13.2. The van der Waals surface area contributed by atoms with Crippen LogP contribution >= 0.6 is 0 Å². The molecule has 0 spiro atoms. The lowest BCUT2D eigenvalue weighted by molar-refractivity contribution is -0.150. The van der Waals surface area contributed by atoms with E-state index in [1.807, 2.05) is 30.3 Å². The van der Waals surface area contributed by atoms with Gasteiger partial charge in [0, 0.05) is 0 Å². The fourth-order valence-electron chi connectivity index (χ4n) is 3.74. The zero-order valence-electron chi connectivity index (χ0n) is 16.1. The summed E-state index contributed by atoms with van der Waals surface area (Å²) in [5.41, 5.74) is 1.07. The lowest BCUT2D eigenvalue weighted by atomic mass is 9.98. The van der Waals surface area contributed by atoms with Crippen LogP contribution in [0.3, 0.4) is 0 Å². The third-order valence-electron chi connectivity index (χ3n) is 5.35. The molecule has 0 N–H and O–H groups in total. The van der Waals surface area contributed by atoms with Crippen molar-refractivity contribution in [3.8, 4) is 0 Å². The Kier molecular flexibility index (Phi) is 7.26. The molecule has 0 amide bonds. The molecule has 2 aromatic carbocycles. The zero-order chi connectivity index (χ0) is 19.8. The maximum Gasteiger partial charge on any atom is 0.307 e. The van der Waals surface area contributed by atoms with E-state index in [4.69, 9.17) is 4.74 Å². The van der Waals surface area contributed by atoms with Gasteiger partial charge in [0.05, 0.1) is 16.6 Å². The highest BCUT2D eigenvalue weighted by Crippen LogP contribution is 2.25. The Bertz CT molecular complexity index is 841. The quantitative estimate of drug-likeness (QED) is 0.601. The fourth-order valence-corrected chi connectivity index (χ4v) is 5.45. The zero-order valence-corrected chi connectivity index (χ0v) is 16.9. The molecule has 5 heteroatoms. The van der Waals surface area contributed by atoms with Gasteiger partial charge in [-0.3, -0.25) is 4.79 Å². The molecule has 1 fully saturated rings. The second-order valence-corrected chi connectivity index (χ2v) is 9.69. The van der Waals surface area contributed by atoms with Crippen molar-refractivity contribution in [2.45, 2.75) is 67.6 Å². The van der Waals surface area contributed by atoms with Crippen LogP contribution in [-0.2, 0) is 25.8 Å².